The van der Waals surface area contributed by atoms with Crippen LogP contribution in [0.25, 0.3) is 0 Å². The third-order valence-corrected chi connectivity index (χ3v) is 4.06. The summed E-state index contributed by atoms with van der Waals surface area (Å²) in [4.78, 5) is 16.9. The molecule has 6 heteroatoms. The number of rotatable bonds is 3. The third-order valence-electron chi connectivity index (χ3n) is 3.18. The van der Waals surface area contributed by atoms with Crippen molar-refractivity contribution in [3.63, 3.8) is 0 Å². The fourth-order valence-electron chi connectivity index (χ4n) is 2.20. The Bertz CT molecular complexity index is 648. The summed E-state index contributed by atoms with van der Waals surface area (Å²) in [6.07, 6.45) is 0. The first-order valence-electron chi connectivity index (χ1n) is 6.99. The van der Waals surface area contributed by atoms with Crippen molar-refractivity contribution >= 4 is 46.1 Å². The van der Waals surface area contributed by atoms with Gasteiger partial charge in [0.05, 0.1) is 0 Å². The summed E-state index contributed by atoms with van der Waals surface area (Å²) >= 11 is 10.9. The monoisotopic (exact) mass is 336 g/mol. The van der Waals surface area contributed by atoms with Crippen molar-refractivity contribution < 1.29 is 9.53 Å². The third kappa shape index (κ3) is 3.44. The number of hydrogen-bond acceptors (Lipinski definition) is 5. The van der Waals surface area contributed by atoms with Crippen molar-refractivity contribution in [3.05, 3.63) is 29.3 Å². The van der Waals surface area contributed by atoms with Gasteiger partial charge >= 0.3 is 5.97 Å². The number of esters is 1. The molecule has 0 radical (unpaired) electrons. The van der Waals surface area contributed by atoms with Crippen LogP contribution >= 0.6 is 24.4 Å². The SMILES string of the molecule is CN(C)c1ccc2c(c1)C(=S)N(CC(=O)OC(C)(C)C)C2=S. The minimum Gasteiger partial charge on any atom is -0.459 e. The van der Waals surface area contributed by atoms with E-state index in [1.807, 2.05) is 58.0 Å². The second kappa shape index (κ2) is 5.93. The molecule has 0 aromatic heterocycles. The molecule has 2 rings (SSSR count). The Morgan fingerprint density at radius 2 is 1.77 bits per heavy atom. The zero-order valence-electron chi connectivity index (χ0n) is 13.5. The number of thiocarbonyl (C=S) groups is 2. The zero-order chi connectivity index (χ0) is 16.7. The van der Waals surface area contributed by atoms with Gasteiger partial charge in [-0.1, -0.05) is 24.4 Å². The number of benzene rings is 1. The molecule has 1 aliphatic heterocycles. The predicted octanol–water partition coefficient (Wildman–Crippen LogP) is 2.76. The molecule has 0 spiro atoms. The first-order chi connectivity index (χ1) is 10.1. The van der Waals surface area contributed by atoms with Crippen LogP contribution in [-0.2, 0) is 9.53 Å². The van der Waals surface area contributed by atoms with Gasteiger partial charge in [-0.3, -0.25) is 4.79 Å². The number of nitrogens with zero attached hydrogens (tertiary/aromatic N) is 2. The molecule has 118 valence electrons. The van der Waals surface area contributed by atoms with Gasteiger partial charge in [-0.15, -0.1) is 0 Å². The van der Waals surface area contributed by atoms with Gasteiger partial charge in [0.1, 0.15) is 22.1 Å². The van der Waals surface area contributed by atoms with Gasteiger partial charge in [-0.2, -0.15) is 0 Å². The largest absolute Gasteiger partial charge is 0.459 e. The normalized spacial score (nSPS) is 14.1. The zero-order valence-corrected chi connectivity index (χ0v) is 15.1. The Morgan fingerprint density at radius 1 is 1.18 bits per heavy atom. The topological polar surface area (TPSA) is 32.8 Å². The van der Waals surface area contributed by atoms with Gasteiger partial charge in [0.25, 0.3) is 0 Å². The summed E-state index contributed by atoms with van der Waals surface area (Å²) in [5.41, 5.74) is 2.32. The maximum Gasteiger partial charge on any atom is 0.326 e. The number of hydrogen-bond donors (Lipinski definition) is 0. The van der Waals surface area contributed by atoms with Crippen LogP contribution in [0.4, 0.5) is 5.69 Å². The molecule has 1 heterocycles. The quantitative estimate of drug-likeness (QED) is 0.623. The van der Waals surface area contributed by atoms with E-state index in [1.54, 1.807) is 4.90 Å². The van der Waals surface area contributed by atoms with E-state index < -0.39 is 5.60 Å². The number of anilines is 1. The molecule has 4 nitrogen and oxygen atoms in total. The average Bonchev–Trinajstić information content (AvgIpc) is 2.61. The lowest BCUT2D eigenvalue weighted by Crippen LogP contribution is -2.37. The lowest BCUT2D eigenvalue weighted by Gasteiger charge is -2.23. The summed E-state index contributed by atoms with van der Waals surface area (Å²) in [6, 6.07) is 5.94. The average molecular weight is 336 g/mol. The number of carbonyl (C=O) groups is 1. The fraction of sp³-hybridized carbons (Fsp3) is 0.438. The van der Waals surface area contributed by atoms with Crippen LogP contribution in [0.5, 0.6) is 0 Å². The molecule has 0 unspecified atom stereocenters. The molecule has 0 saturated heterocycles. The van der Waals surface area contributed by atoms with E-state index in [0.29, 0.717) is 9.98 Å². The van der Waals surface area contributed by atoms with Crippen LogP contribution in [0, 0.1) is 0 Å². The molecule has 0 fully saturated rings. The van der Waals surface area contributed by atoms with Crippen LogP contribution in [0.15, 0.2) is 18.2 Å². The van der Waals surface area contributed by atoms with E-state index in [0.717, 1.165) is 16.8 Å². The van der Waals surface area contributed by atoms with Crippen molar-refractivity contribution in [2.45, 2.75) is 26.4 Å². The molecule has 22 heavy (non-hydrogen) atoms. The van der Waals surface area contributed by atoms with Crippen molar-refractivity contribution in [1.29, 1.82) is 0 Å². The maximum absolute atomic E-state index is 12.0. The summed E-state index contributed by atoms with van der Waals surface area (Å²) in [6.45, 7) is 5.55. The summed E-state index contributed by atoms with van der Waals surface area (Å²) in [5.74, 6) is -0.335. The molecular formula is C16H20N2O2S2. The van der Waals surface area contributed by atoms with Crippen molar-refractivity contribution in [3.8, 4) is 0 Å². The smallest absolute Gasteiger partial charge is 0.326 e. The predicted molar refractivity (Wildman–Crippen MR) is 96.7 cm³/mol. The van der Waals surface area contributed by atoms with E-state index >= 15 is 0 Å². The molecule has 0 amide bonds. The second-order valence-corrected chi connectivity index (χ2v) is 7.18. The Hall–Kier alpha value is -1.53. The molecule has 1 aliphatic rings. The van der Waals surface area contributed by atoms with Crippen LogP contribution in [-0.4, -0.2) is 47.1 Å². The fourth-order valence-corrected chi connectivity index (χ4v) is 2.92. The van der Waals surface area contributed by atoms with Crippen LogP contribution in [0.2, 0.25) is 0 Å². The Kier molecular flexibility index (Phi) is 4.54. The highest BCUT2D eigenvalue weighted by Crippen LogP contribution is 2.28. The van der Waals surface area contributed by atoms with E-state index in [4.69, 9.17) is 29.2 Å². The Labute approximate surface area is 142 Å². The molecule has 0 saturated carbocycles. The van der Waals surface area contributed by atoms with E-state index in [9.17, 15) is 4.79 Å². The van der Waals surface area contributed by atoms with Gasteiger partial charge in [0, 0.05) is 30.9 Å². The van der Waals surface area contributed by atoms with Gasteiger partial charge < -0.3 is 14.5 Å². The maximum atomic E-state index is 12.0. The number of carbonyl (C=O) groups excluding carboxylic acids is 1. The highest BCUT2D eigenvalue weighted by Gasteiger charge is 2.32. The van der Waals surface area contributed by atoms with E-state index in [1.165, 1.54) is 0 Å². The molecule has 0 atom stereocenters. The molecule has 0 bridgehead atoms. The summed E-state index contributed by atoms with van der Waals surface area (Å²) < 4.78 is 5.35. The van der Waals surface area contributed by atoms with Crippen LogP contribution < -0.4 is 4.90 Å². The number of fused-ring (bicyclic) bond motifs is 1. The van der Waals surface area contributed by atoms with Crippen molar-refractivity contribution in [1.82, 2.24) is 4.90 Å². The van der Waals surface area contributed by atoms with Gasteiger partial charge in [0.15, 0.2) is 0 Å². The minimum absolute atomic E-state index is 0.0426. The van der Waals surface area contributed by atoms with Gasteiger partial charge in [-0.05, 0) is 39.0 Å². The lowest BCUT2D eigenvalue weighted by atomic mass is 10.1. The van der Waals surface area contributed by atoms with Gasteiger partial charge in [0.2, 0.25) is 0 Å². The second-order valence-electron chi connectivity index (χ2n) is 6.41. The molecule has 0 aliphatic carbocycles. The highest BCUT2D eigenvalue weighted by atomic mass is 32.1. The van der Waals surface area contributed by atoms with E-state index in [-0.39, 0.29) is 12.5 Å². The minimum atomic E-state index is -0.523. The highest BCUT2D eigenvalue weighted by molar-refractivity contribution is 7.82. The Morgan fingerprint density at radius 3 is 2.32 bits per heavy atom. The Balaban J connectivity index is 2.22. The van der Waals surface area contributed by atoms with Crippen molar-refractivity contribution in [2.75, 3.05) is 25.5 Å². The molecule has 1 aromatic carbocycles. The van der Waals surface area contributed by atoms with E-state index in [2.05, 4.69) is 0 Å². The van der Waals surface area contributed by atoms with Gasteiger partial charge in [-0.25, -0.2) is 0 Å². The molecule has 0 N–H and O–H groups in total. The molecular weight excluding hydrogens is 316 g/mol. The van der Waals surface area contributed by atoms with Crippen LogP contribution in [0.1, 0.15) is 31.9 Å². The lowest BCUT2D eigenvalue weighted by molar-refractivity contribution is -0.154. The standard InChI is InChI=1S/C16H20N2O2S2/c1-16(2,3)20-13(19)9-18-14(21)11-7-6-10(17(4)5)8-12(11)15(18)22/h6-8H,9H2,1-5H3. The first-order valence-corrected chi connectivity index (χ1v) is 7.81. The summed E-state index contributed by atoms with van der Waals surface area (Å²) in [5, 5.41) is 0. The van der Waals surface area contributed by atoms with Crippen molar-refractivity contribution in [2.24, 2.45) is 0 Å². The summed E-state index contributed by atoms with van der Waals surface area (Å²) in [7, 11) is 3.94. The number of ether oxygens (including phenoxy) is 1. The molecule has 1 aromatic rings. The van der Waals surface area contributed by atoms with Crippen LogP contribution in [0.3, 0.4) is 0 Å². The first kappa shape index (κ1) is 16.8.